The van der Waals surface area contributed by atoms with Crippen molar-refractivity contribution >= 4 is 41.8 Å². The summed E-state index contributed by atoms with van der Waals surface area (Å²) in [6, 6.07) is 0. The molecule has 0 unspecified atom stereocenters. The van der Waals surface area contributed by atoms with E-state index in [9.17, 15) is 9.59 Å². The molecule has 1 aliphatic heterocycles. The molecule has 0 atom stereocenters. The van der Waals surface area contributed by atoms with Crippen LogP contribution in [0, 0.1) is 5.92 Å². The van der Waals surface area contributed by atoms with Gasteiger partial charge >= 0.3 is 5.97 Å². The SMILES string of the molecule is CCNC(=NCCCC(=O)OC1CCCC1)N1CCC(CC(=O)NC)CC1.I. The molecule has 0 spiro atoms. The smallest absolute Gasteiger partial charge is 0.306 e. The van der Waals surface area contributed by atoms with Gasteiger partial charge in [0.1, 0.15) is 6.10 Å². The Morgan fingerprint density at radius 1 is 1.14 bits per heavy atom. The average Bonchev–Trinajstić information content (AvgIpc) is 3.17. The number of likely N-dealkylation sites (tertiary alicyclic amines) is 1. The first-order chi connectivity index (χ1) is 13.1. The van der Waals surface area contributed by atoms with Gasteiger partial charge in [0, 0.05) is 46.1 Å². The number of hydrogen-bond acceptors (Lipinski definition) is 4. The molecule has 1 saturated carbocycles. The highest BCUT2D eigenvalue weighted by molar-refractivity contribution is 14.0. The van der Waals surface area contributed by atoms with E-state index >= 15 is 0 Å². The topological polar surface area (TPSA) is 83.0 Å². The van der Waals surface area contributed by atoms with Gasteiger partial charge in [-0.05, 0) is 57.8 Å². The van der Waals surface area contributed by atoms with Crippen LogP contribution >= 0.6 is 24.0 Å². The molecular formula is C20H37IN4O3. The lowest BCUT2D eigenvalue weighted by Crippen LogP contribution is -2.46. The molecule has 0 radical (unpaired) electrons. The molecule has 2 aliphatic rings. The van der Waals surface area contributed by atoms with E-state index in [0.29, 0.717) is 31.7 Å². The highest BCUT2D eigenvalue weighted by atomic mass is 127. The second kappa shape index (κ2) is 14.0. The Kier molecular flexibility index (Phi) is 12.5. The number of hydrogen-bond donors (Lipinski definition) is 2. The summed E-state index contributed by atoms with van der Waals surface area (Å²) in [7, 11) is 1.69. The molecule has 0 aromatic heterocycles. The Balaban J connectivity index is 0.00000392. The summed E-state index contributed by atoms with van der Waals surface area (Å²) in [5.41, 5.74) is 0. The molecular weight excluding hydrogens is 471 g/mol. The third-order valence-electron chi connectivity index (χ3n) is 5.40. The number of piperidine rings is 1. The predicted molar refractivity (Wildman–Crippen MR) is 122 cm³/mol. The van der Waals surface area contributed by atoms with Crippen molar-refractivity contribution in [2.24, 2.45) is 10.9 Å². The van der Waals surface area contributed by atoms with Crippen molar-refractivity contribution in [3.63, 3.8) is 0 Å². The second-order valence-electron chi connectivity index (χ2n) is 7.54. The highest BCUT2D eigenvalue weighted by Gasteiger charge is 2.23. The molecule has 162 valence electrons. The van der Waals surface area contributed by atoms with Crippen molar-refractivity contribution in [2.75, 3.05) is 33.2 Å². The van der Waals surface area contributed by atoms with Crippen molar-refractivity contribution in [1.82, 2.24) is 15.5 Å². The molecule has 2 rings (SSSR count). The van der Waals surface area contributed by atoms with Gasteiger partial charge in [0.25, 0.3) is 0 Å². The largest absolute Gasteiger partial charge is 0.462 e. The fourth-order valence-corrected chi connectivity index (χ4v) is 3.80. The number of amides is 1. The number of carbonyl (C=O) groups is 2. The number of ether oxygens (including phenoxy) is 1. The maximum absolute atomic E-state index is 11.9. The summed E-state index contributed by atoms with van der Waals surface area (Å²) in [5.74, 6) is 1.41. The lowest BCUT2D eigenvalue weighted by molar-refractivity contribution is -0.148. The van der Waals surface area contributed by atoms with Crippen LogP contribution in [0.15, 0.2) is 4.99 Å². The van der Waals surface area contributed by atoms with Crippen LogP contribution in [0.2, 0.25) is 0 Å². The minimum absolute atomic E-state index is 0. The minimum atomic E-state index is -0.0860. The molecule has 1 heterocycles. The molecule has 1 aliphatic carbocycles. The molecule has 0 aromatic rings. The molecule has 1 saturated heterocycles. The van der Waals surface area contributed by atoms with Gasteiger partial charge in [-0.15, -0.1) is 24.0 Å². The number of carbonyl (C=O) groups excluding carboxylic acids is 2. The van der Waals surface area contributed by atoms with Crippen LogP contribution in [0.5, 0.6) is 0 Å². The number of esters is 1. The third-order valence-corrected chi connectivity index (χ3v) is 5.40. The van der Waals surface area contributed by atoms with Crippen molar-refractivity contribution in [2.45, 2.75) is 70.8 Å². The maximum Gasteiger partial charge on any atom is 0.306 e. The molecule has 0 aromatic carbocycles. The zero-order valence-corrected chi connectivity index (χ0v) is 19.7. The number of rotatable bonds is 8. The predicted octanol–water partition coefficient (Wildman–Crippen LogP) is 2.68. The van der Waals surface area contributed by atoms with Crippen LogP contribution < -0.4 is 10.6 Å². The molecule has 0 bridgehead atoms. The number of aliphatic imine (C=N–C) groups is 1. The number of nitrogens with one attached hydrogen (secondary N) is 2. The summed E-state index contributed by atoms with van der Waals surface area (Å²) in [6.45, 7) is 5.34. The first-order valence-corrected chi connectivity index (χ1v) is 10.6. The van der Waals surface area contributed by atoms with E-state index in [0.717, 1.165) is 51.3 Å². The summed E-state index contributed by atoms with van der Waals surface area (Å²) >= 11 is 0. The molecule has 2 fully saturated rings. The normalized spacial score (nSPS) is 18.5. The van der Waals surface area contributed by atoms with Gasteiger partial charge in [0.05, 0.1) is 0 Å². The Morgan fingerprint density at radius 3 is 2.43 bits per heavy atom. The van der Waals surface area contributed by atoms with Gasteiger partial charge < -0.3 is 20.3 Å². The van der Waals surface area contributed by atoms with E-state index in [1.165, 1.54) is 12.8 Å². The Bertz CT molecular complexity index is 502. The zero-order valence-electron chi connectivity index (χ0n) is 17.4. The Morgan fingerprint density at radius 2 is 1.82 bits per heavy atom. The Hall–Kier alpha value is -1.06. The molecule has 28 heavy (non-hydrogen) atoms. The number of guanidine groups is 1. The van der Waals surface area contributed by atoms with Crippen molar-refractivity contribution in [3.05, 3.63) is 0 Å². The lowest BCUT2D eigenvalue weighted by atomic mass is 9.93. The Labute approximate surface area is 186 Å². The quantitative estimate of drug-likeness (QED) is 0.173. The van der Waals surface area contributed by atoms with E-state index in [-0.39, 0.29) is 42.0 Å². The van der Waals surface area contributed by atoms with E-state index in [2.05, 4.69) is 27.4 Å². The van der Waals surface area contributed by atoms with Crippen LogP contribution in [0.3, 0.4) is 0 Å². The summed E-state index contributed by atoms with van der Waals surface area (Å²) < 4.78 is 5.49. The van der Waals surface area contributed by atoms with Crippen LogP contribution in [-0.2, 0) is 14.3 Å². The van der Waals surface area contributed by atoms with Crippen LogP contribution in [0.1, 0.15) is 64.7 Å². The molecule has 2 N–H and O–H groups in total. The van der Waals surface area contributed by atoms with Crippen molar-refractivity contribution in [1.29, 1.82) is 0 Å². The van der Waals surface area contributed by atoms with Gasteiger partial charge in [0.15, 0.2) is 5.96 Å². The zero-order chi connectivity index (χ0) is 19.5. The van der Waals surface area contributed by atoms with Crippen LogP contribution in [0.25, 0.3) is 0 Å². The van der Waals surface area contributed by atoms with E-state index < -0.39 is 0 Å². The molecule has 7 nitrogen and oxygen atoms in total. The monoisotopic (exact) mass is 508 g/mol. The average molecular weight is 508 g/mol. The first kappa shape index (κ1) is 25.0. The van der Waals surface area contributed by atoms with Crippen LogP contribution in [-0.4, -0.2) is 62.1 Å². The van der Waals surface area contributed by atoms with Crippen molar-refractivity contribution in [3.8, 4) is 0 Å². The van der Waals surface area contributed by atoms with Gasteiger partial charge in [-0.2, -0.15) is 0 Å². The van der Waals surface area contributed by atoms with Gasteiger partial charge in [-0.1, -0.05) is 0 Å². The fourth-order valence-electron chi connectivity index (χ4n) is 3.80. The summed E-state index contributed by atoms with van der Waals surface area (Å²) in [5, 5.41) is 6.05. The first-order valence-electron chi connectivity index (χ1n) is 10.6. The van der Waals surface area contributed by atoms with Crippen molar-refractivity contribution < 1.29 is 14.3 Å². The van der Waals surface area contributed by atoms with Gasteiger partial charge in [-0.25, -0.2) is 0 Å². The van der Waals surface area contributed by atoms with Gasteiger partial charge in [-0.3, -0.25) is 14.6 Å². The standard InChI is InChI=1S/C20H36N4O3.HI/c1-3-22-20(24-13-10-16(11-14-24)15-18(25)21-2)23-12-6-9-19(26)27-17-7-4-5-8-17;/h16-17H,3-15H2,1-2H3,(H,21,25)(H,22,23);1H. The lowest BCUT2D eigenvalue weighted by Gasteiger charge is -2.34. The third kappa shape index (κ3) is 8.96. The maximum atomic E-state index is 11.9. The van der Waals surface area contributed by atoms with E-state index in [1.807, 2.05) is 0 Å². The van der Waals surface area contributed by atoms with E-state index in [4.69, 9.17) is 4.74 Å². The number of halogens is 1. The second-order valence-corrected chi connectivity index (χ2v) is 7.54. The van der Waals surface area contributed by atoms with Gasteiger partial charge in [0.2, 0.25) is 5.91 Å². The number of nitrogens with zero attached hydrogens (tertiary/aromatic N) is 2. The fraction of sp³-hybridized carbons (Fsp3) is 0.850. The van der Waals surface area contributed by atoms with Crippen LogP contribution in [0.4, 0.5) is 0 Å². The highest BCUT2D eigenvalue weighted by Crippen LogP contribution is 2.22. The summed E-state index contributed by atoms with van der Waals surface area (Å²) in [6.07, 6.45) is 8.31. The van der Waals surface area contributed by atoms with E-state index in [1.54, 1.807) is 7.05 Å². The molecule has 1 amide bonds. The minimum Gasteiger partial charge on any atom is -0.462 e. The summed E-state index contributed by atoms with van der Waals surface area (Å²) in [4.78, 5) is 30.4. The molecule has 8 heteroatoms.